The summed E-state index contributed by atoms with van der Waals surface area (Å²) in [6, 6.07) is 9.34. The lowest BCUT2D eigenvalue weighted by molar-refractivity contribution is -0.0996. The summed E-state index contributed by atoms with van der Waals surface area (Å²) in [6.45, 7) is 2.04. The highest BCUT2D eigenvalue weighted by Gasteiger charge is 2.46. The minimum atomic E-state index is -1.11. The smallest absolute Gasteiger partial charge is 0.410 e. The Balaban J connectivity index is 1.63. The van der Waals surface area contributed by atoms with Gasteiger partial charge in [-0.1, -0.05) is 30.3 Å². The van der Waals surface area contributed by atoms with Gasteiger partial charge in [-0.2, -0.15) is 0 Å². The minimum absolute atomic E-state index is 0.0249. The molecule has 126 valence electrons. The predicted molar refractivity (Wildman–Crippen MR) is 79.4 cm³/mol. The molecule has 7 nitrogen and oxygen atoms in total. The largest absolute Gasteiger partial charge is 0.445 e. The molecule has 2 N–H and O–H groups in total. The van der Waals surface area contributed by atoms with Gasteiger partial charge >= 0.3 is 6.09 Å². The Morgan fingerprint density at radius 1 is 1.26 bits per heavy atom. The molecule has 2 aliphatic heterocycles. The Morgan fingerprint density at radius 2 is 2.00 bits per heavy atom. The summed E-state index contributed by atoms with van der Waals surface area (Å²) < 4.78 is 16.3. The van der Waals surface area contributed by atoms with Gasteiger partial charge in [0.15, 0.2) is 6.29 Å². The molecule has 0 aromatic heterocycles. The number of likely N-dealkylation sites (tertiary alicyclic amines) is 1. The molecule has 5 atom stereocenters. The van der Waals surface area contributed by atoms with Gasteiger partial charge in [0.2, 0.25) is 0 Å². The predicted octanol–water partition coefficient (Wildman–Crippen LogP) is 0.491. The average Bonchev–Trinajstić information content (AvgIpc) is 2.87. The SMILES string of the molecule is CC1O[C@@H]2[C@H](O)[C@@H](O)CN(C(=O)OCc3ccccc3)C[C@H]2O1. The molecule has 7 heteroatoms. The molecule has 3 rings (SSSR count). The maximum absolute atomic E-state index is 12.3. The molecule has 2 heterocycles. The highest BCUT2D eigenvalue weighted by molar-refractivity contribution is 5.67. The van der Waals surface area contributed by atoms with Gasteiger partial charge in [0.1, 0.15) is 31.0 Å². The molecule has 2 aliphatic rings. The monoisotopic (exact) mass is 323 g/mol. The van der Waals surface area contributed by atoms with Crippen LogP contribution in [0.3, 0.4) is 0 Å². The van der Waals surface area contributed by atoms with E-state index in [1.807, 2.05) is 30.3 Å². The lowest BCUT2D eigenvalue weighted by Crippen LogP contribution is -2.42. The zero-order valence-electron chi connectivity index (χ0n) is 12.9. The van der Waals surface area contributed by atoms with Gasteiger partial charge in [-0.05, 0) is 12.5 Å². The Labute approximate surface area is 134 Å². The molecular formula is C16H21NO6. The van der Waals surface area contributed by atoms with Gasteiger partial charge in [0.25, 0.3) is 0 Å². The summed E-state index contributed by atoms with van der Waals surface area (Å²) in [4.78, 5) is 13.6. The number of ether oxygens (including phenoxy) is 3. The molecule has 1 aromatic rings. The molecule has 0 bridgehead atoms. The number of hydrogen-bond donors (Lipinski definition) is 2. The number of benzene rings is 1. The van der Waals surface area contributed by atoms with Crippen molar-refractivity contribution in [3.8, 4) is 0 Å². The second-order valence-corrected chi connectivity index (χ2v) is 5.85. The first-order valence-corrected chi connectivity index (χ1v) is 7.67. The van der Waals surface area contributed by atoms with Crippen molar-refractivity contribution in [2.45, 2.75) is 44.2 Å². The van der Waals surface area contributed by atoms with Crippen molar-refractivity contribution in [2.75, 3.05) is 13.1 Å². The molecule has 0 spiro atoms. The second kappa shape index (κ2) is 6.84. The fourth-order valence-corrected chi connectivity index (χ4v) is 2.92. The van der Waals surface area contributed by atoms with Crippen molar-refractivity contribution in [1.82, 2.24) is 4.90 Å². The van der Waals surface area contributed by atoms with Crippen molar-refractivity contribution in [3.05, 3.63) is 35.9 Å². The third kappa shape index (κ3) is 3.64. The number of β-amino-alcohol motifs (C(OH)–C–C–N with tert-alkyl or cyclic N) is 1. The number of carbonyl (C=O) groups excluding carboxylic acids is 1. The standard InChI is InChI=1S/C16H21NO6/c1-10-22-13-8-17(7-12(18)14(19)15(13)23-10)16(20)21-9-11-5-3-2-4-6-11/h2-6,10,12-15,18-19H,7-9H2,1H3/t10?,12-,13+,14+,15-/m0/s1. The summed E-state index contributed by atoms with van der Waals surface area (Å²) in [5.41, 5.74) is 0.878. The van der Waals surface area contributed by atoms with Crippen LogP contribution in [0.4, 0.5) is 4.79 Å². The maximum atomic E-state index is 12.3. The van der Waals surface area contributed by atoms with Crippen molar-refractivity contribution < 1.29 is 29.2 Å². The van der Waals surface area contributed by atoms with Crippen molar-refractivity contribution in [2.24, 2.45) is 0 Å². The van der Waals surface area contributed by atoms with Crippen molar-refractivity contribution in [3.63, 3.8) is 0 Å². The Kier molecular flexibility index (Phi) is 4.82. The molecule has 1 aromatic carbocycles. The lowest BCUT2D eigenvalue weighted by Gasteiger charge is -2.24. The quantitative estimate of drug-likeness (QED) is 0.823. The van der Waals surface area contributed by atoms with Gasteiger partial charge in [0, 0.05) is 0 Å². The minimum Gasteiger partial charge on any atom is -0.445 e. The molecule has 0 radical (unpaired) electrons. The first kappa shape index (κ1) is 16.2. The molecule has 1 amide bonds. The van der Waals surface area contributed by atoms with Gasteiger partial charge in [-0.25, -0.2) is 4.79 Å². The van der Waals surface area contributed by atoms with Crippen LogP contribution >= 0.6 is 0 Å². The van der Waals surface area contributed by atoms with E-state index in [0.29, 0.717) is 0 Å². The summed E-state index contributed by atoms with van der Waals surface area (Å²) in [5, 5.41) is 20.2. The van der Waals surface area contributed by atoms with Crippen LogP contribution in [0, 0.1) is 0 Å². The second-order valence-electron chi connectivity index (χ2n) is 5.85. The van der Waals surface area contributed by atoms with Crippen LogP contribution in [-0.2, 0) is 20.8 Å². The van der Waals surface area contributed by atoms with Crippen LogP contribution in [0.1, 0.15) is 12.5 Å². The molecule has 23 heavy (non-hydrogen) atoms. The number of aliphatic hydroxyl groups excluding tert-OH is 2. The van der Waals surface area contributed by atoms with E-state index in [4.69, 9.17) is 14.2 Å². The van der Waals surface area contributed by atoms with E-state index in [1.54, 1.807) is 6.92 Å². The van der Waals surface area contributed by atoms with E-state index in [0.717, 1.165) is 5.56 Å². The van der Waals surface area contributed by atoms with Gasteiger partial charge in [-0.15, -0.1) is 0 Å². The summed E-state index contributed by atoms with van der Waals surface area (Å²) in [5.74, 6) is 0. The third-order valence-electron chi connectivity index (χ3n) is 4.08. The highest BCUT2D eigenvalue weighted by Crippen LogP contribution is 2.27. The Morgan fingerprint density at radius 3 is 2.74 bits per heavy atom. The van der Waals surface area contributed by atoms with E-state index in [9.17, 15) is 15.0 Å². The zero-order chi connectivity index (χ0) is 16.4. The van der Waals surface area contributed by atoms with Crippen LogP contribution in [0.15, 0.2) is 30.3 Å². The number of nitrogens with zero attached hydrogens (tertiary/aromatic N) is 1. The Bertz CT molecular complexity index is 539. The van der Waals surface area contributed by atoms with Crippen LogP contribution in [0.2, 0.25) is 0 Å². The normalized spacial score (nSPS) is 33.9. The molecule has 1 unspecified atom stereocenters. The zero-order valence-corrected chi connectivity index (χ0v) is 12.9. The highest BCUT2D eigenvalue weighted by atomic mass is 16.7. The van der Waals surface area contributed by atoms with E-state index < -0.39 is 36.8 Å². The lowest BCUT2D eigenvalue weighted by atomic mass is 10.1. The topological polar surface area (TPSA) is 88.5 Å². The number of amides is 1. The summed E-state index contributed by atoms with van der Waals surface area (Å²) in [7, 11) is 0. The van der Waals surface area contributed by atoms with Crippen molar-refractivity contribution in [1.29, 1.82) is 0 Å². The van der Waals surface area contributed by atoms with Gasteiger partial charge in [0.05, 0.1) is 13.1 Å². The average molecular weight is 323 g/mol. The molecule has 0 saturated carbocycles. The summed E-state index contributed by atoms with van der Waals surface area (Å²) in [6.07, 6.45) is -4.37. The number of carbonyl (C=O) groups is 1. The third-order valence-corrected chi connectivity index (χ3v) is 4.08. The Hall–Kier alpha value is -1.67. The first-order valence-electron chi connectivity index (χ1n) is 7.67. The number of fused-ring (bicyclic) bond motifs is 1. The van der Waals surface area contributed by atoms with Crippen LogP contribution in [-0.4, -0.2) is 65.0 Å². The van der Waals surface area contributed by atoms with Crippen molar-refractivity contribution >= 4 is 6.09 Å². The fraction of sp³-hybridized carbons (Fsp3) is 0.562. The van der Waals surface area contributed by atoms with Crippen LogP contribution in [0.5, 0.6) is 0 Å². The first-order chi connectivity index (χ1) is 11.0. The molecular weight excluding hydrogens is 302 g/mol. The van der Waals surface area contributed by atoms with Crippen LogP contribution in [0.25, 0.3) is 0 Å². The molecule has 2 saturated heterocycles. The number of hydrogen-bond acceptors (Lipinski definition) is 6. The number of rotatable bonds is 2. The van der Waals surface area contributed by atoms with Gasteiger partial charge < -0.3 is 29.3 Å². The van der Waals surface area contributed by atoms with E-state index >= 15 is 0 Å². The van der Waals surface area contributed by atoms with Gasteiger partial charge in [-0.3, -0.25) is 0 Å². The maximum Gasteiger partial charge on any atom is 0.410 e. The van der Waals surface area contributed by atoms with E-state index in [-0.39, 0.29) is 19.7 Å². The van der Waals surface area contributed by atoms with E-state index in [2.05, 4.69) is 0 Å². The summed E-state index contributed by atoms with van der Waals surface area (Å²) >= 11 is 0. The van der Waals surface area contributed by atoms with Crippen LogP contribution < -0.4 is 0 Å². The van der Waals surface area contributed by atoms with E-state index in [1.165, 1.54) is 4.90 Å². The fourth-order valence-electron chi connectivity index (χ4n) is 2.92. The molecule has 2 fully saturated rings. The molecule has 0 aliphatic carbocycles. The number of aliphatic hydroxyl groups is 2.